The van der Waals surface area contributed by atoms with Crippen LogP contribution in [0, 0.1) is 22.8 Å². The van der Waals surface area contributed by atoms with Crippen LogP contribution in [0.1, 0.15) is 87.5 Å². The van der Waals surface area contributed by atoms with E-state index in [1.54, 1.807) is 0 Å². The first kappa shape index (κ1) is 29.4. The lowest BCUT2D eigenvalue weighted by atomic mass is 9.46. The summed E-state index contributed by atoms with van der Waals surface area (Å²) in [5.74, 6) is -7.18. The van der Waals surface area contributed by atoms with Crippen LogP contribution in [0.5, 0.6) is 0 Å². The van der Waals surface area contributed by atoms with Crippen molar-refractivity contribution in [2.24, 2.45) is 16.7 Å². The van der Waals surface area contributed by atoms with Crippen molar-refractivity contribution in [3.05, 3.63) is 11.6 Å². The van der Waals surface area contributed by atoms with Crippen LogP contribution in [0.3, 0.4) is 0 Å². The van der Waals surface area contributed by atoms with E-state index in [1.165, 1.54) is 6.92 Å². The summed E-state index contributed by atoms with van der Waals surface area (Å²) in [6.45, 7) is 9.34. The molecular formula is C25H35O7. The Hall–Kier alpha value is -2.57. The molecule has 1 unspecified atom stereocenters. The minimum absolute atomic E-state index is 0.0715. The molecule has 0 aliphatic carbocycles. The molecule has 0 amide bonds. The third-order valence-corrected chi connectivity index (χ3v) is 6.15. The smallest absolute Gasteiger partial charge is 0.161 e. The number of hydrogen-bond acceptors (Lipinski definition) is 7. The summed E-state index contributed by atoms with van der Waals surface area (Å²) in [5, 5.41) is 0. The topological polar surface area (TPSA) is 119 Å². The van der Waals surface area contributed by atoms with E-state index in [0.29, 0.717) is 12.8 Å². The second-order valence-corrected chi connectivity index (χ2v) is 8.41. The first-order valence-electron chi connectivity index (χ1n) is 10.9. The molecule has 0 bridgehead atoms. The van der Waals surface area contributed by atoms with E-state index in [2.05, 4.69) is 6.08 Å². The summed E-state index contributed by atoms with van der Waals surface area (Å²) >= 11 is 0. The zero-order valence-electron chi connectivity index (χ0n) is 20.5. The molecule has 7 nitrogen and oxygen atoms in total. The monoisotopic (exact) mass is 447 g/mol. The van der Waals surface area contributed by atoms with Crippen LogP contribution in [-0.4, -0.2) is 40.5 Å². The molecule has 0 saturated carbocycles. The number of carbonyl (C=O) groups is 7. The van der Waals surface area contributed by atoms with Crippen molar-refractivity contribution in [3.63, 3.8) is 0 Å². The Labute approximate surface area is 190 Å². The summed E-state index contributed by atoms with van der Waals surface area (Å²) in [6.07, 6.45) is 5.27. The number of unbranched alkanes of at least 4 members (excludes halogenated alkanes) is 3. The van der Waals surface area contributed by atoms with Crippen molar-refractivity contribution in [1.82, 2.24) is 0 Å². The van der Waals surface area contributed by atoms with Crippen molar-refractivity contribution >= 4 is 40.5 Å². The molecule has 0 rings (SSSR count). The van der Waals surface area contributed by atoms with Crippen molar-refractivity contribution < 1.29 is 33.6 Å². The molecule has 0 aromatic carbocycles. The second kappa shape index (κ2) is 11.9. The molecule has 0 aliphatic rings. The standard InChI is InChI=1S/C25H35O7/c1-9-10-11-12-13-22(16(3)27)24(18(5)29,19(6)30)25(20(7)31,21(8)32)23(17(4)28)14-15(2)26/h22H,9-13H2,1-8H3. The zero-order chi connectivity index (χ0) is 25.4. The number of rotatable bonds is 15. The fraction of sp³-hybridized carbons (Fsp3) is 0.640. The van der Waals surface area contributed by atoms with E-state index in [4.69, 9.17) is 0 Å². The minimum atomic E-state index is -2.64. The normalized spacial score (nSPS) is 13.3. The molecule has 0 N–H and O–H groups in total. The van der Waals surface area contributed by atoms with Gasteiger partial charge in [0.15, 0.2) is 11.6 Å². The number of ketones is 7. The Morgan fingerprint density at radius 3 is 1.44 bits per heavy atom. The van der Waals surface area contributed by atoms with E-state index in [1.807, 2.05) is 6.92 Å². The highest BCUT2D eigenvalue weighted by atomic mass is 16.2. The fourth-order valence-corrected chi connectivity index (χ4v) is 5.00. The van der Waals surface area contributed by atoms with Gasteiger partial charge in [-0.15, -0.1) is 0 Å². The molecule has 0 aromatic heterocycles. The average Bonchev–Trinajstić information content (AvgIpc) is 2.63. The Kier molecular flexibility index (Phi) is 10.9. The predicted octanol–water partition coefficient (Wildman–Crippen LogP) is 3.40. The zero-order valence-corrected chi connectivity index (χ0v) is 20.5. The summed E-state index contributed by atoms with van der Waals surface area (Å²) in [4.78, 5) is 90.5. The van der Waals surface area contributed by atoms with E-state index >= 15 is 0 Å². The number of carbonyl (C=O) groups excluding carboxylic acids is 7. The summed E-state index contributed by atoms with van der Waals surface area (Å²) in [6, 6.07) is 0. The first-order chi connectivity index (χ1) is 14.7. The van der Waals surface area contributed by atoms with Crippen molar-refractivity contribution in [2.75, 3.05) is 0 Å². The van der Waals surface area contributed by atoms with Crippen LogP contribution < -0.4 is 0 Å². The number of hydrogen-bond donors (Lipinski definition) is 0. The molecule has 0 saturated heterocycles. The first-order valence-corrected chi connectivity index (χ1v) is 10.9. The van der Waals surface area contributed by atoms with Crippen LogP contribution in [0.25, 0.3) is 0 Å². The summed E-state index contributed by atoms with van der Waals surface area (Å²) < 4.78 is 0. The van der Waals surface area contributed by atoms with E-state index < -0.39 is 62.8 Å². The largest absolute Gasteiger partial charge is 0.300 e. The highest BCUT2D eigenvalue weighted by Gasteiger charge is 2.70. The summed E-state index contributed by atoms with van der Waals surface area (Å²) in [7, 11) is 0. The van der Waals surface area contributed by atoms with Crippen molar-refractivity contribution in [1.29, 1.82) is 0 Å². The molecule has 0 aliphatic heterocycles. The lowest BCUT2D eigenvalue weighted by Crippen LogP contribution is -2.65. The maximum Gasteiger partial charge on any atom is 0.161 e. The summed E-state index contributed by atoms with van der Waals surface area (Å²) in [5.41, 5.74) is -5.76. The van der Waals surface area contributed by atoms with Crippen LogP contribution >= 0.6 is 0 Å². The minimum Gasteiger partial charge on any atom is -0.300 e. The van der Waals surface area contributed by atoms with Crippen LogP contribution in [0.2, 0.25) is 0 Å². The molecule has 1 atom stereocenters. The lowest BCUT2D eigenvalue weighted by Gasteiger charge is -2.49. The quantitative estimate of drug-likeness (QED) is 0.214. The fourth-order valence-electron chi connectivity index (χ4n) is 5.00. The third-order valence-electron chi connectivity index (χ3n) is 6.15. The number of Topliss-reactive ketones (excluding diaryl/α,β-unsaturated/α-hetero) is 7. The highest BCUT2D eigenvalue weighted by molar-refractivity contribution is 6.26. The Morgan fingerprint density at radius 1 is 0.688 bits per heavy atom. The molecule has 1 radical (unpaired) electrons. The highest BCUT2D eigenvalue weighted by Crippen LogP contribution is 2.54. The number of allylic oxidation sites excluding steroid dienone is 2. The van der Waals surface area contributed by atoms with Gasteiger partial charge in [-0.2, -0.15) is 0 Å². The van der Waals surface area contributed by atoms with Crippen LogP contribution in [0.4, 0.5) is 0 Å². The van der Waals surface area contributed by atoms with Crippen LogP contribution in [-0.2, 0) is 33.6 Å². The second-order valence-electron chi connectivity index (χ2n) is 8.41. The maximum atomic E-state index is 13.3. The van der Waals surface area contributed by atoms with Crippen molar-refractivity contribution in [3.8, 4) is 0 Å². The Balaban J connectivity index is 7.75. The molecule has 0 spiro atoms. The Morgan fingerprint density at radius 2 is 1.16 bits per heavy atom. The van der Waals surface area contributed by atoms with Gasteiger partial charge in [-0.1, -0.05) is 32.6 Å². The molecular weight excluding hydrogens is 412 g/mol. The molecule has 0 fully saturated rings. The van der Waals surface area contributed by atoms with E-state index in [-0.39, 0.29) is 6.42 Å². The van der Waals surface area contributed by atoms with Gasteiger partial charge in [0.2, 0.25) is 0 Å². The third kappa shape index (κ3) is 5.25. The van der Waals surface area contributed by atoms with Gasteiger partial charge in [0.05, 0.1) is 0 Å². The van der Waals surface area contributed by atoms with Gasteiger partial charge < -0.3 is 0 Å². The van der Waals surface area contributed by atoms with Crippen LogP contribution in [0.15, 0.2) is 5.57 Å². The molecule has 0 heterocycles. The van der Waals surface area contributed by atoms with Gasteiger partial charge in [0, 0.05) is 17.6 Å². The van der Waals surface area contributed by atoms with E-state index in [9.17, 15) is 33.6 Å². The van der Waals surface area contributed by atoms with Gasteiger partial charge in [-0.25, -0.2) is 0 Å². The van der Waals surface area contributed by atoms with Gasteiger partial charge in [0.1, 0.15) is 39.7 Å². The van der Waals surface area contributed by atoms with Gasteiger partial charge in [-0.05, 0) is 54.9 Å². The van der Waals surface area contributed by atoms with E-state index in [0.717, 1.165) is 54.4 Å². The lowest BCUT2D eigenvalue weighted by molar-refractivity contribution is -0.167. The molecule has 0 aromatic rings. The predicted molar refractivity (Wildman–Crippen MR) is 119 cm³/mol. The molecule has 7 heteroatoms. The van der Waals surface area contributed by atoms with Crippen molar-refractivity contribution in [2.45, 2.75) is 87.5 Å². The Bertz CT molecular complexity index is 816. The molecule has 32 heavy (non-hydrogen) atoms. The van der Waals surface area contributed by atoms with Gasteiger partial charge >= 0.3 is 0 Å². The maximum absolute atomic E-state index is 13.3. The average molecular weight is 448 g/mol. The van der Waals surface area contributed by atoms with Gasteiger partial charge in [0.25, 0.3) is 0 Å². The van der Waals surface area contributed by atoms with Gasteiger partial charge in [-0.3, -0.25) is 33.6 Å². The molecule has 177 valence electrons. The SMILES string of the molecule is CCCCCCC(C(C)=O)C(C(C)=O)(C(C)=O)C(C(C)=O)(C(C)=O)/C(=[C]/C(C)=O)C(C)=O.